The second-order valence-corrected chi connectivity index (χ2v) is 8.86. The van der Waals surface area contributed by atoms with Crippen LogP contribution in [-0.2, 0) is 5.75 Å². The number of H-pyrrole nitrogens is 1. The summed E-state index contributed by atoms with van der Waals surface area (Å²) in [6.45, 7) is 2.55. The summed E-state index contributed by atoms with van der Waals surface area (Å²) in [6.07, 6.45) is 3.96. The van der Waals surface area contributed by atoms with E-state index >= 15 is 0 Å². The van der Waals surface area contributed by atoms with Crippen LogP contribution in [0.5, 0.6) is 11.5 Å². The molecular weight excluding hydrogens is 436 g/mol. The van der Waals surface area contributed by atoms with Gasteiger partial charge in [0, 0.05) is 21.6 Å². The first-order valence-electron chi connectivity index (χ1n) is 9.27. The predicted molar refractivity (Wildman–Crippen MR) is 124 cm³/mol. The number of thiazole rings is 1. The Labute approximate surface area is 187 Å². The molecule has 0 unspecified atom stereocenters. The highest BCUT2D eigenvalue weighted by Gasteiger charge is 2.11. The van der Waals surface area contributed by atoms with Crippen LogP contribution in [-0.4, -0.2) is 33.9 Å². The molecule has 0 aliphatic heterocycles. The summed E-state index contributed by atoms with van der Waals surface area (Å²) in [7, 11) is 1.65. The van der Waals surface area contributed by atoms with Crippen molar-refractivity contribution in [2.45, 2.75) is 17.8 Å². The third-order valence-electron chi connectivity index (χ3n) is 4.04. The van der Waals surface area contributed by atoms with Gasteiger partial charge in [0.15, 0.2) is 11.5 Å². The Bertz CT molecular complexity index is 1120. The molecule has 0 aliphatic rings. The number of nitrogens with zero attached hydrogens (tertiary/aromatic N) is 3. The van der Waals surface area contributed by atoms with Crippen molar-refractivity contribution < 1.29 is 9.47 Å². The number of hydrogen-bond acceptors (Lipinski definition) is 8. The van der Waals surface area contributed by atoms with Crippen LogP contribution in [0.15, 0.2) is 46.2 Å². The number of aromatic amines is 1. The van der Waals surface area contributed by atoms with Crippen LogP contribution < -0.4 is 9.47 Å². The molecule has 0 spiro atoms. The Kier molecular flexibility index (Phi) is 6.83. The Morgan fingerprint density at radius 2 is 2.07 bits per heavy atom. The molecule has 0 saturated heterocycles. The van der Waals surface area contributed by atoms with Gasteiger partial charge in [0.25, 0.3) is 0 Å². The smallest absolute Gasteiger partial charge is 0.209 e. The molecule has 9 heteroatoms. The lowest BCUT2D eigenvalue weighted by Crippen LogP contribution is -1.95. The number of methoxy groups -OCH3 is 1. The van der Waals surface area contributed by atoms with Crippen molar-refractivity contribution in [1.29, 1.82) is 0 Å². The summed E-state index contributed by atoms with van der Waals surface area (Å²) in [4.78, 5) is 10.4. The molecule has 30 heavy (non-hydrogen) atoms. The van der Waals surface area contributed by atoms with Gasteiger partial charge in [-0.3, -0.25) is 5.10 Å². The van der Waals surface area contributed by atoms with Gasteiger partial charge >= 0.3 is 0 Å². The van der Waals surface area contributed by atoms with Crippen molar-refractivity contribution in [3.8, 4) is 22.1 Å². The van der Waals surface area contributed by atoms with E-state index in [0.29, 0.717) is 23.3 Å². The molecule has 3 aromatic heterocycles. The van der Waals surface area contributed by atoms with E-state index in [1.165, 1.54) is 4.88 Å². The van der Waals surface area contributed by atoms with Gasteiger partial charge in [0.2, 0.25) is 5.16 Å². The maximum Gasteiger partial charge on any atom is 0.209 e. The molecular formula is C21H20N4O2S3. The Balaban J connectivity index is 1.38. The summed E-state index contributed by atoms with van der Waals surface area (Å²) < 4.78 is 11.0. The average Bonchev–Trinajstić information content (AvgIpc) is 3.53. The molecule has 0 fully saturated rings. The fourth-order valence-corrected chi connectivity index (χ4v) is 4.90. The molecule has 4 rings (SSSR count). The third kappa shape index (κ3) is 5.10. The highest BCUT2D eigenvalue weighted by atomic mass is 32.2. The molecule has 3 heterocycles. The van der Waals surface area contributed by atoms with Gasteiger partial charge in [-0.15, -0.1) is 27.8 Å². The molecule has 0 atom stereocenters. The number of rotatable bonds is 9. The van der Waals surface area contributed by atoms with E-state index < -0.39 is 0 Å². The number of nitrogens with one attached hydrogen (secondary N) is 1. The first-order valence-corrected chi connectivity index (χ1v) is 12.0. The molecule has 0 saturated carbocycles. The summed E-state index contributed by atoms with van der Waals surface area (Å²) in [5.74, 6) is 2.90. The second-order valence-electron chi connectivity index (χ2n) is 6.08. The molecule has 154 valence electrons. The van der Waals surface area contributed by atoms with E-state index in [0.717, 1.165) is 27.8 Å². The maximum absolute atomic E-state index is 5.59. The lowest BCUT2D eigenvalue weighted by molar-refractivity contribution is 0.311. The van der Waals surface area contributed by atoms with E-state index in [-0.39, 0.29) is 0 Å². The summed E-state index contributed by atoms with van der Waals surface area (Å²) in [6, 6.07) is 9.98. The fraction of sp³-hybridized carbons (Fsp3) is 0.190. The molecule has 1 N–H and O–H groups in total. The molecule has 4 aromatic rings. The van der Waals surface area contributed by atoms with Crippen molar-refractivity contribution in [1.82, 2.24) is 20.2 Å². The van der Waals surface area contributed by atoms with Crippen LogP contribution in [0.1, 0.15) is 23.3 Å². The lowest BCUT2D eigenvalue weighted by Gasteiger charge is -2.09. The standard InChI is InChI=1S/C21H20N4O2S3/c1-3-27-17-8-6-14(11-18(17)26-2)20-22-15(12-29-20)13-30-21-23-19(24-25-21)9-7-16-5-4-10-28-16/h4-12H,3,13H2,1-2H3,(H,23,24,25)/b9-7+. The minimum Gasteiger partial charge on any atom is -0.493 e. The Morgan fingerprint density at radius 3 is 2.87 bits per heavy atom. The quantitative estimate of drug-likeness (QED) is 0.318. The highest BCUT2D eigenvalue weighted by Crippen LogP contribution is 2.34. The minimum atomic E-state index is 0.598. The van der Waals surface area contributed by atoms with Crippen LogP contribution in [0.3, 0.4) is 0 Å². The van der Waals surface area contributed by atoms with Crippen molar-refractivity contribution >= 4 is 46.6 Å². The van der Waals surface area contributed by atoms with Gasteiger partial charge in [-0.25, -0.2) is 9.97 Å². The van der Waals surface area contributed by atoms with E-state index in [1.54, 1.807) is 41.5 Å². The molecule has 0 bridgehead atoms. The van der Waals surface area contributed by atoms with Crippen LogP contribution in [0.25, 0.3) is 22.7 Å². The lowest BCUT2D eigenvalue weighted by atomic mass is 10.2. The number of benzene rings is 1. The predicted octanol–water partition coefficient (Wildman–Crippen LogP) is 5.86. The second kappa shape index (κ2) is 9.92. The summed E-state index contributed by atoms with van der Waals surface area (Å²) in [5.41, 5.74) is 2.00. The fourth-order valence-electron chi connectivity index (χ4n) is 2.66. The maximum atomic E-state index is 5.59. The molecule has 1 aromatic carbocycles. The SMILES string of the molecule is CCOc1ccc(-c2nc(CSc3n[nH]c(/C=C/c4cccs4)n3)cs2)cc1OC. The third-order valence-corrected chi connectivity index (χ3v) is 6.70. The van der Waals surface area contributed by atoms with Gasteiger partial charge in [-0.05, 0) is 48.7 Å². The monoisotopic (exact) mass is 456 g/mol. The number of hydrogen-bond donors (Lipinski definition) is 1. The highest BCUT2D eigenvalue weighted by molar-refractivity contribution is 7.98. The average molecular weight is 457 g/mol. The molecule has 0 amide bonds. The Hall–Kier alpha value is -2.62. The number of thiophene rings is 1. The van der Waals surface area contributed by atoms with Crippen LogP contribution in [0, 0.1) is 0 Å². The van der Waals surface area contributed by atoms with Gasteiger partial charge in [0.1, 0.15) is 10.8 Å². The zero-order chi connectivity index (χ0) is 20.8. The van der Waals surface area contributed by atoms with E-state index in [4.69, 9.17) is 14.5 Å². The molecule has 0 radical (unpaired) electrons. The van der Waals surface area contributed by atoms with E-state index in [1.807, 2.05) is 48.7 Å². The van der Waals surface area contributed by atoms with Crippen molar-refractivity contribution in [3.05, 3.63) is 57.5 Å². The summed E-state index contributed by atoms with van der Waals surface area (Å²) >= 11 is 4.85. The number of ether oxygens (including phenoxy) is 2. The number of thioether (sulfide) groups is 1. The van der Waals surface area contributed by atoms with Crippen molar-refractivity contribution in [2.24, 2.45) is 0 Å². The van der Waals surface area contributed by atoms with Gasteiger partial charge in [0.05, 0.1) is 19.4 Å². The zero-order valence-corrected chi connectivity index (χ0v) is 18.9. The van der Waals surface area contributed by atoms with Crippen molar-refractivity contribution in [2.75, 3.05) is 13.7 Å². The zero-order valence-electron chi connectivity index (χ0n) is 16.5. The number of aromatic nitrogens is 4. The van der Waals surface area contributed by atoms with Crippen molar-refractivity contribution in [3.63, 3.8) is 0 Å². The first-order chi connectivity index (χ1) is 14.7. The van der Waals surface area contributed by atoms with Crippen LogP contribution in [0.4, 0.5) is 0 Å². The minimum absolute atomic E-state index is 0.598. The van der Waals surface area contributed by atoms with Crippen LogP contribution in [0.2, 0.25) is 0 Å². The first kappa shape index (κ1) is 20.6. The largest absolute Gasteiger partial charge is 0.493 e. The Morgan fingerprint density at radius 1 is 1.13 bits per heavy atom. The topological polar surface area (TPSA) is 72.9 Å². The van der Waals surface area contributed by atoms with E-state index in [2.05, 4.69) is 26.6 Å². The van der Waals surface area contributed by atoms with Gasteiger partial charge < -0.3 is 9.47 Å². The summed E-state index contributed by atoms with van der Waals surface area (Å²) in [5, 5.41) is 13.0. The van der Waals surface area contributed by atoms with Crippen LogP contribution >= 0.6 is 34.4 Å². The molecule has 0 aliphatic carbocycles. The van der Waals surface area contributed by atoms with Gasteiger partial charge in [-0.1, -0.05) is 17.8 Å². The van der Waals surface area contributed by atoms with Gasteiger partial charge in [-0.2, -0.15) is 0 Å². The normalized spacial score (nSPS) is 11.3. The molecule has 6 nitrogen and oxygen atoms in total. The van der Waals surface area contributed by atoms with E-state index in [9.17, 15) is 0 Å².